The third-order valence-electron chi connectivity index (χ3n) is 6.79. The fourth-order valence-electron chi connectivity index (χ4n) is 4.55. The molecule has 10 heteroatoms. The molecule has 3 N–H and O–H groups in total. The Kier molecular flexibility index (Phi) is 10.9. The number of rotatable bonds is 14. The Bertz CT molecular complexity index is 1460. The molecule has 0 fully saturated rings. The van der Waals surface area contributed by atoms with Gasteiger partial charge in [0.15, 0.2) is 0 Å². The summed E-state index contributed by atoms with van der Waals surface area (Å²) < 4.78 is 7.28. The molecule has 2 heterocycles. The van der Waals surface area contributed by atoms with E-state index in [0.717, 1.165) is 35.4 Å². The average Bonchev–Trinajstić information content (AvgIpc) is 3.42. The number of nitrogens with one attached hydrogen (secondary N) is 2. The minimum Gasteiger partial charge on any atom is -0.457 e. The van der Waals surface area contributed by atoms with E-state index in [0.29, 0.717) is 30.6 Å². The van der Waals surface area contributed by atoms with E-state index in [9.17, 15) is 14.4 Å². The Morgan fingerprint density at radius 2 is 1.69 bits per heavy atom. The fourth-order valence-corrected chi connectivity index (χ4v) is 4.55. The largest absolute Gasteiger partial charge is 0.457 e. The van der Waals surface area contributed by atoms with Gasteiger partial charge in [-0.3, -0.25) is 19.8 Å². The Balaban J connectivity index is 1.49. The molecule has 0 saturated carbocycles. The zero-order valence-electron chi connectivity index (χ0n) is 23.5. The van der Waals surface area contributed by atoms with Crippen LogP contribution in [0.1, 0.15) is 69.5 Å². The molecule has 2 aromatic heterocycles. The number of carbonyl (C=O) groups is 3. The third kappa shape index (κ3) is 8.58. The van der Waals surface area contributed by atoms with Crippen molar-refractivity contribution in [1.29, 1.82) is 0 Å². The fraction of sp³-hybridized carbons (Fsp3) is 0.281. The number of amides is 2. The predicted molar refractivity (Wildman–Crippen MR) is 156 cm³/mol. The van der Waals surface area contributed by atoms with Crippen LogP contribution in [0, 0.1) is 0 Å². The van der Waals surface area contributed by atoms with Crippen LogP contribution in [0.3, 0.4) is 0 Å². The maximum atomic E-state index is 13.5. The number of nitrogens with zero attached hydrogens (tertiary/aromatic N) is 3. The highest BCUT2D eigenvalue weighted by Gasteiger charge is 2.22. The molecular formula is C32H35N5O5. The second-order valence-corrected chi connectivity index (χ2v) is 9.98. The number of hydrogen-bond acceptors (Lipinski definition) is 7. The highest BCUT2D eigenvalue weighted by Crippen LogP contribution is 2.16. The molecule has 0 radical (unpaired) electrons. The van der Waals surface area contributed by atoms with Crippen LogP contribution >= 0.6 is 0 Å². The number of aromatic nitrogens is 3. The molecule has 0 aliphatic heterocycles. The van der Waals surface area contributed by atoms with Crippen LogP contribution in [0.4, 0.5) is 0 Å². The Labute approximate surface area is 244 Å². The molecule has 1 atom stereocenters. The average molecular weight is 570 g/mol. The van der Waals surface area contributed by atoms with E-state index >= 15 is 0 Å². The number of aryl methyl sites for hydroxylation is 1. The highest BCUT2D eigenvalue weighted by molar-refractivity contribution is 5.93. The van der Waals surface area contributed by atoms with E-state index in [-0.39, 0.29) is 18.9 Å². The normalized spacial score (nSPS) is 11.5. The molecule has 0 spiro atoms. The Morgan fingerprint density at radius 3 is 2.38 bits per heavy atom. The van der Waals surface area contributed by atoms with Gasteiger partial charge < -0.3 is 14.6 Å². The lowest BCUT2D eigenvalue weighted by atomic mass is 10.0. The van der Waals surface area contributed by atoms with E-state index in [1.165, 1.54) is 0 Å². The van der Waals surface area contributed by atoms with Crippen LogP contribution in [0.5, 0.6) is 0 Å². The number of esters is 1. The van der Waals surface area contributed by atoms with Crippen molar-refractivity contribution in [1.82, 2.24) is 25.3 Å². The number of imidazole rings is 1. The van der Waals surface area contributed by atoms with Gasteiger partial charge in [0.25, 0.3) is 5.91 Å². The van der Waals surface area contributed by atoms with Crippen molar-refractivity contribution in [2.75, 3.05) is 0 Å². The molecule has 10 nitrogen and oxygen atoms in total. The molecule has 42 heavy (non-hydrogen) atoms. The Morgan fingerprint density at radius 1 is 0.952 bits per heavy atom. The lowest BCUT2D eigenvalue weighted by Crippen LogP contribution is -2.41. The predicted octanol–water partition coefficient (Wildman–Crippen LogP) is 4.26. The molecular weight excluding hydrogens is 534 g/mol. The molecule has 2 aromatic carbocycles. The zero-order chi connectivity index (χ0) is 29.7. The van der Waals surface area contributed by atoms with Gasteiger partial charge in [-0.05, 0) is 53.8 Å². The van der Waals surface area contributed by atoms with E-state index in [2.05, 4.69) is 22.2 Å². The molecule has 0 bridgehead atoms. The SMILES string of the molecule is CCCCc1ncc(C(=O)NC(CC(=O)NO)Cc2ccccc2)n1Cc1ccc(C(=O)OCc2ccncc2)cc1. The first-order valence-electron chi connectivity index (χ1n) is 13.9. The van der Waals surface area contributed by atoms with Crippen LogP contribution < -0.4 is 10.8 Å². The first kappa shape index (κ1) is 30.1. The first-order valence-corrected chi connectivity index (χ1v) is 13.9. The smallest absolute Gasteiger partial charge is 0.338 e. The van der Waals surface area contributed by atoms with Gasteiger partial charge in [-0.15, -0.1) is 0 Å². The summed E-state index contributed by atoms with van der Waals surface area (Å²) in [5, 5.41) is 12.0. The minimum atomic E-state index is -0.590. The van der Waals surface area contributed by atoms with Crippen molar-refractivity contribution < 1.29 is 24.3 Å². The van der Waals surface area contributed by atoms with Crippen molar-refractivity contribution in [3.63, 3.8) is 0 Å². The topological polar surface area (TPSA) is 135 Å². The molecule has 0 saturated heterocycles. The number of unbranched alkanes of at least 4 members (excludes halogenated alkanes) is 1. The number of carbonyl (C=O) groups excluding carboxylic acids is 3. The minimum absolute atomic E-state index is 0.0906. The summed E-state index contributed by atoms with van der Waals surface area (Å²) >= 11 is 0. The van der Waals surface area contributed by atoms with Gasteiger partial charge in [-0.25, -0.2) is 15.3 Å². The van der Waals surface area contributed by atoms with Gasteiger partial charge in [0.05, 0.1) is 11.8 Å². The number of hydrogen-bond donors (Lipinski definition) is 3. The second-order valence-electron chi connectivity index (χ2n) is 9.98. The van der Waals surface area contributed by atoms with Crippen LogP contribution in [0.15, 0.2) is 85.3 Å². The Hall–Kier alpha value is -4.83. The van der Waals surface area contributed by atoms with Crippen molar-refractivity contribution in [3.05, 3.63) is 119 Å². The van der Waals surface area contributed by atoms with Gasteiger partial charge in [-0.2, -0.15) is 0 Å². The number of ether oxygens (including phenoxy) is 1. The monoisotopic (exact) mass is 569 g/mol. The molecule has 1 unspecified atom stereocenters. The van der Waals surface area contributed by atoms with Gasteiger partial charge in [0, 0.05) is 37.8 Å². The molecule has 0 aliphatic carbocycles. The van der Waals surface area contributed by atoms with Crippen LogP contribution in [-0.2, 0) is 35.5 Å². The maximum absolute atomic E-state index is 13.5. The lowest BCUT2D eigenvalue weighted by Gasteiger charge is -2.19. The molecule has 2 amide bonds. The molecule has 218 valence electrons. The quantitative estimate of drug-likeness (QED) is 0.117. The third-order valence-corrected chi connectivity index (χ3v) is 6.79. The van der Waals surface area contributed by atoms with Crippen LogP contribution in [0.25, 0.3) is 0 Å². The summed E-state index contributed by atoms with van der Waals surface area (Å²) in [5.74, 6) is -0.613. The maximum Gasteiger partial charge on any atom is 0.338 e. The summed E-state index contributed by atoms with van der Waals surface area (Å²) in [7, 11) is 0. The summed E-state index contributed by atoms with van der Waals surface area (Å²) in [6.07, 6.45) is 7.75. The van der Waals surface area contributed by atoms with Crippen molar-refractivity contribution in [2.45, 2.75) is 58.2 Å². The van der Waals surface area contributed by atoms with E-state index in [1.54, 1.807) is 48.3 Å². The van der Waals surface area contributed by atoms with E-state index < -0.39 is 17.9 Å². The van der Waals surface area contributed by atoms with Gasteiger partial charge in [0.2, 0.25) is 5.91 Å². The van der Waals surface area contributed by atoms with Crippen LogP contribution in [-0.4, -0.2) is 43.6 Å². The summed E-state index contributed by atoms with van der Waals surface area (Å²) in [4.78, 5) is 46.5. The first-order chi connectivity index (χ1) is 20.5. The second kappa shape index (κ2) is 15.2. The standard InChI is InChI=1S/C32H35N5O5/c1-2-3-9-29-34-20-28(31(39)35-27(19-30(38)36-41)18-23-7-5-4-6-8-23)37(29)21-24-10-12-26(13-11-24)32(40)42-22-25-14-16-33-17-15-25/h4-8,10-17,20,27,41H,2-3,9,18-19,21-22H2,1H3,(H,35,39)(H,36,38). The number of benzene rings is 2. The van der Waals surface area contributed by atoms with Crippen LogP contribution in [0.2, 0.25) is 0 Å². The van der Waals surface area contributed by atoms with Crippen molar-refractivity contribution in [3.8, 4) is 0 Å². The van der Waals surface area contributed by atoms with E-state index in [1.807, 2.05) is 47.0 Å². The summed E-state index contributed by atoms with van der Waals surface area (Å²) in [6, 6.07) is 19.6. The summed E-state index contributed by atoms with van der Waals surface area (Å²) in [5.41, 5.74) is 5.12. The zero-order valence-corrected chi connectivity index (χ0v) is 23.5. The van der Waals surface area contributed by atoms with Gasteiger partial charge in [0.1, 0.15) is 18.1 Å². The molecule has 4 rings (SSSR count). The molecule has 4 aromatic rings. The lowest BCUT2D eigenvalue weighted by molar-refractivity contribution is -0.129. The van der Waals surface area contributed by atoms with E-state index in [4.69, 9.17) is 9.94 Å². The highest BCUT2D eigenvalue weighted by atomic mass is 16.5. The van der Waals surface area contributed by atoms with Gasteiger partial charge in [-0.1, -0.05) is 55.8 Å². The molecule has 0 aliphatic rings. The van der Waals surface area contributed by atoms with Gasteiger partial charge >= 0.3 is 5.97 Å². The number of pyridine rings is 1. The van der Waals surface area contributed by atoms with Crippen molar-refractivity contribution in [2.24, 2.45) is 0 Å². The number of hydroxylamine groups is 1. The van der Waals surface area contributed by atoms with Crippen molar-refractivity contribution >= 4 is 17.8 Å². The summed E-state index contributed by atoms with van der Waals surface area (Å²) in [6.45, 7) is 2.62.